The second-order valence-electron chi connectivity index (χ2n) is 5.75. The molecule has 1 aromatic heterocycles. The van der Waals surface area contributed by atoms with Crippen LogP contribution in [0.3, 0.4) is 0 Å². The molecule has 2 heterocycles. The van der Waals surface area contributed by atoms with Crippen LogP contribution in [0.15, 0.2) is 30.3 Å². The molecule has 0 radical (unpaired) electrons. The molecule has 2 aromatic rings. The number of amides is 1. The Balaban J connectivity index is 1.53. The monoisotopic (exact) mass is 332 g/mol. The fraction of sp³-hybridized carbons (Fsp3) is 0.438. The van der Waals surface area contributed by atoms with Gasteiger partial charge in [-0.05, 0) is 25.5 Å². The molecule has 1 saturated heterocycles. The zero-order chi connectivity index (χ0) is 16.2. The van der Waals surface area contributed by atoms with Gasteiger partial charge in [-0.15, -0.1) is 21.5 Å². The summed E-state index contributed by atoms with van der Waals surface area (Å²) in [5.41, 5.74) is 0.617. The molecule has 2 atom stereocenters. The number of β-amino-alcohol motifs (C(OH)–C–C–N with tert-alkyl or cyclic N) is 1. The molecule has 0 aliphatic carbocycles. The van der Waals surface area contributed by atoms with Crippen molar-refractivity contribution in [3.05, 3.63) is 45.9 Å². The summed E-state index contributed by atoms with van der Waals surface area (Å²) in [5, 5.41) is 23.3. The molecule has 1 aliphatic rings. The maximum Gasteiger partial charge on any atom is 0.251 e. The highest BCUT2D eigenvalue weighted by molar-refractivity contribution is 7.11. The fourth-order valence-corrected chi connectivity index (χ4v) is 3.49. The van der Waals surface area contributed by atoms with E-state index in [4.69, 9.17) is 0 Å². The molecule has 1 aromatic carbocycles. The summed E-state index contributed by atoms with van der Waals surface area (Å²) in [5.74, 6) is -0.136. The van der Waals surface area contributed by atoms with E-state index in [1.54, 1.807) is 23.5 Å². The predicted octanol–water partition coefficient (Wildman–Crippen LogP) is 1.21. The first-order valence-electron chi connectivity index (χ1n) is 7.67. The quantitative estimate of drug-likeness (QED) is 0.880. The number of aliphatic hydroxyl groups is 1. The van der Waals surface area contributed by atoms with Gasteiger partial charge >= 0.3 is 0 Å². The molecule has 7 heteroatoms. The molecule has 1 aliphatic heterocycles. The lowest BCUT2D eigenvalue weighted by molar-refractivity contribution is 0.0349. The molecule has 0 bridgehead atoms. The van der Waals surface area contributed by atoms with Gasteiger partial charge < -0.3 is 10.4 Å². The third-order valence-electron chi connectivity index (χ3n) is 3.95. The summed E-state index contributed by atoms with van der Waals surface area (Å²) in [6, 6.07) is 8.87. The number of carbonyl (C=O) groups is 1. The highest BCUT2D eigenvalue weighted by Gasteiger charge is 2.29. The molecule has 0 saturated carbocycles. The number of hydrogen-bond donors (Lipinski definition) is 2. The van der Waals surface area contributed by atoms with E-state index in [1.165, 1.54) is 0 Å². The Bertz CT molecular complexity index is 661. The molecular formula is C16H20N4O2S. The highest BCUT2D eigenvalue weighted by atomic mass is 32.1. The second kappa shape index (κ2) is 7.16. The summed E-state index contributed by atoms with van der Waals surface area (Å²) in [6.07, 6.45) is 0.141. The van der Waals surface area contributed by atoms with Gasteiger partial charge in [0, 0.05) is 18.7 Å². The van der Waals surface area contributed by atoms with E-state index in [0.29, 0.717) is 18.7 Å². The van der Waals surface area contributed by atoms with Crippen LogP contribution in [0.5, 0.6) is 0 Å². The van der Waals surface area contributed by atoms with Gasteiger partial charge in [0.25, 0.3) is 5.91 Å². The maximum absolute atomic E-state index is 12.2. The van der Waals surface area contributed by atoms with E-state index < -0.39 is 6.10 Å². The number of nitrogens with one attached hydrogen (secondary N) is 1. The van der Waals surface area contributed by atoms with Gasteiger partial charge in [-0.1, -0.05) is 18.2 Å². The first kappa shape index (κ1) is 16.0. The van der Waals surface area contributed by atoms with Crippen LogP contribution >= 0.6 is 11.3 Å². The Morgan fingerprint density at radius 3 is 2.83 bits per heavy atom. The molecular weight excluding hydrogens is 312 g/mol. The normalized spacial score (nSPS) is 22.0. The molecule has 0 spiro atoms. The zero-order valence-corrected chi connectivity index (χ0v) is 13.8. The van der Waals surface area contributed by atoms with E-state index in [1.807, 2.05) is 25.1 Å². The average molecular weight is 332 g/mol. The van der Waals surface area contributed by atoms with E-state index in [-0.39, 0.29) is 11.9 Å². The Kier molecular flexibility index (Phi) is 5.00. The van der Waals surface area contributed by atoms with Crippen molar-refractivity contribution in [2.75, 3.05) is 13.1 Å². The fourth-order valence-electron chi connectivity index (χ4n) is 2.74. The van der Waals surface area contributed by atoms with Crippen molar-refractivity contribution in [1.29, 1.82) is 0 Å². The summed E-state index contributed by atoms with van der Waals surface area (Å²) in [6.45, 7) is 3.97. The lowest BCUT2D eigenvalue weighted by atomic mass is 10.0. The van der Waals surface area contributed by atoms with E-state index in [0.717, 1.165) is 23.0 Å². The first-order valence-corrected chi connectivity index (χ1v) is 8.49. The second-order valence-corrected chi connectivity index (χ2v) is 7.02. The number of aryl methyl sites for hydroxylation is 1. The van der Waals surface area contributed by atoms with Gasteiger partial charge in [-0.2, -0.15) is 0 Å². The molecule has 2 N–H and O–H groups in total. The van der Waals surface area contributed by atoms with Crippen molar-refractivity contribution in [1.82, 2.24) is 20.4 Å². The van der Waals surface area contributed by atoms with Crippen LogP contribution < -0.4 is 5.32 Å². The van der Waals surface area contributed by atoms with Crippen molar-refractivity contribution in [3.8, 4) is 0 Å². The van der Waals surface area contributed by atoms with E-state index in [2.05, 4.69) is 20.4 Å². The Morgan fingerprint density at radius 1 is 1.39 bits per heavy atom. The summed E-state index contributed by atoms with van der Waals surface area (Å²) in [4.78, 5) is 14.3. The minimum atomic E-state index is -0.578. The van der Waals surface area contributed by atoms with Gasteiger partial charge in [0.05, 0.1) is 18.7 Å². The molecule has 23 heavy (non-hydrogen) atoms. The summed E-state index contributed by atoms with van der Waals surface area (Å²) in [7, 11) is 0. The minimum Gasteiger partial charge on any atom is -0.390 e. The van der Waals surface area contributed by atoms with Gasteiger partial charge in [0.2, 0.25) is 0 Å². The Labute approximate surface area is 139 Å². The van der Waals surface area contributed by atoms with E-state index >= 15 is 0 Å². The SMILES string of the molecule is Cc1nnc(CN2CC[C@@H](NC(=O)c3ccccc3)[C@H](O)C2)s1. The number of rotatable bonds is 4. The lowest BCUT2D eigenvalue weighted by Gasteiger charge is -2.35. The van der Waals surface area contributed by atoms with Crippen molar-refractivity contribution < 1.29 is 9.90 Å². The number of nitrogens with zero attached hydrogens (tertiary/aromatic N) is 3. The highest BCUT2D eigenvalue weighted by Crippen LogP contribution is 2.17. The van der Waals surface area contributed by atoms with Crippen LogP contribution in [0.25, 0.3) is 0 Å². The van der Waals surface area contributed by atoms with Crippen LogP contribution in [-0.4, -0.2) is 51.3 Å². The van der Waals surface area contributed by atoms with Crippen molar-refractivity contribution in [3.63, 3.8) is 0 Å². The Hall–Kier alpha value is -1.83. The third kappa shape index (κ3) is 4.13. The Morgan fingerprint density at radius 2 is 2.17 bits per heavy atom. The van der Waals surface area contributed by atoms with Crippen LogP contribution in [0.2, 0.25) is 0 Å². The van der Waals surface area contributed by atoms with Crippen LogP contribution in [0.1, 0.15) is 26.8 Å². The zero-order valence-electron chi connectivity index (χ0n) is 13.0. The van der Waals surface area contributed by atoms with E-state index in [9.17, 15) is 9.90 Å². The topological polar surface area (TPSA) is 78.4 Å². The van der Waals surface area contributed by atoms with Gasteiger partial charge in [-0.25, -0.2) is 0 Å². The standard InChI is InChI=1S/C16H20N4O2S/c1-11-18-19-15(23-11)10-20-8-7-13(14(21)9-20)17-16(22)12-5-3-2-4-6-12/h2-6,13-14,21H,7-10H2,1H3,(H,17,22)/t13-,14-/m1/s1. The molecule has 1 fully saturated rings. The molecule has 1 amide bonds. The van der Waals surface area contributed by atoms with Gasteiger partial charge in [-0.3, -0.25) is 9.69 Å². The van der Waals surface area contributed by atoms with Crippen LogP contribution in [-0.2, 0) is 6.54 Å². The maximum atomic E-state index is 12.2. The van der Waals surface area contributed by atoms with Crippen LogP contribution in [0.4, 0.5) is 0 Å². The number of benzene rings is 1. The first-order chi connectivity index (χ1) is 11.1. The number of likely N-dealkylation sites (tertiary alicyclic amines) is 1. The number of aliphatic hydroxyl groups excluding tert-OH is 1. The van der Waals surface area contributed by atoms with Gasteiger partial charge in [0.15, 0.2) is 0 Å². The largest absolute Gasteiger partial charge is 0.390 e. The predicted molar refractivity (Wildman–Crippen MR) is 88.2 cm³/mol. The number of piperidine rings is 1. The summed E-state index contributed by atoms with van der Waals surface area (Å²) < 4.78 is 0. The van der Waals surface area contributed by atoms with Crippen molar-refractivity contribution >= 4 is 17.2 Å². The minimum absolute atomic E-state index is 0.136. The molecule has 6 nitrogen and oxygen atoms in total. The van der Waals surface area contributed by atoms with Crippen molar-refractivity contribution in [2.24, 2.45) is 0 Å². The molecule has 3 rings (SSSR count). The summed E-state index contributed by atoms with van der Waals surface area (Å²) >= 11 is 1.58. The van der Waals surface area contributed by atoms with Crippen molar-refractivity contribution in [2.45, 2.75) is 32.0 Å². The van der Waals surface area contributed by atoms with Gasteiger partial charge in [0.1, 0.15) is 10.0 Å². The molecule has 122 valence electrons. The number of carbonyl (C=O) groups excluding carboxylic acids is 1. The number of hydrogen-bond acceptors (Lipinski definition) is 6. The number of aromatic nitrogens is 2. The lowest BCUT2D eigenvalue weighted by Crippen LogP contribution is -2.53. The van der Waals surface area contributed by atoms with Crippen LogP contribution in [0, 0.1) is 6.92 Å². The smallest absolute Gasteiger partial charge is 0.251 e. The third-order valence-corrected chi connectivity index (χ3v) is 4.77. The average Bonchev–Trinajstić information content (AvgIpc) is 2.96. The molecule has 0 unspecified atom stereocenters.